The number of benzene rings is 2. The van der Waals surface area contributed by atoms with Crippen molar-refractivity contribution in [3.63, 3.8) is 0 Å². The fourth-order valence-corrected chi connectivity index (χ4v) is 4.08. The zero-order chi connectivity index (χ0) is 19.4. The van der Waals surface area contributed by atoms with Crippen molar-refractivity contribution in [3.8, 4) is 18.1 Å². The molecule has 2 N–H and O–H groups in total. The van der Waals surface area contributed by atoms with Gasteiger partial charge < -0.3 is 10.5 Å². The summed E-state index contributed by atoms with van der Waals surface area (Å²) in [6, 6.07) is 14.0. The lowest BCUT2D eigenvalue weighted by Crippen LogP contribution is -2.43. The molecule has 1 fully saturated rings. The second-order valence-corrected chi connectivity index (χ2v) is 7.21. The second kappa shape index (κ2) is 7.85. The summed E-state index contributed by atoms with van der Waals surface area (Å²) in [6.07, 6.45) is 7.37. The minimum absolute atomic E-state index is 0.182. The average molecular weight is 362 g/mol. The number of primary amides is 1. The smallest absolute Gasteiger partial charge is 0.248 e. The van der Waals surface area contributed by atoms with Gasteiger partial charge in [-0.05, 0) is 43.5 Å². The molecular formula is C23H26N2O2. The summed E-state index contributed by atoms with van der Waals surface area (Å²) in [5, 5.41) is 0. The molecule has 0 aromatic heterocycles. The van der Waals surface area contributed by atoms with Crippen molar-refractivity contribution >= 4 is 5.91 Å². The number of hydrogen-bond acceptors (Lipinski definition) is 3. The van der Waals surface area contributed by atoms with Crippen LogP contribution in [0.3, 0.4) is 0 Å². The van der Waals surface area contributed by atoms with Gasteiger partial charge in [0.1, 0.15) is 5.75 Å². The van der Waals surface area contributed by atoms with E-state index in [1.807, 2.05) is 30.3 Å². The lowest BCUT2D eigenvalue weighted by Gasteiger charge is -2.43. The van der Waals surface area contributed by atoms with E-state index in [0.717, 1.165) is 31.7 Å². The molecule has 2 aromatic carbocycles. The highest BCUT2D eigenvalue weighted by molar-refractivity contribution is 5.92. The Hall–Kier alpha value is -2.77. The second-order valence-electron chi connectivity index (χ2n) is 7.21. The topological polar surface area (TPSA) is 55.6 Å². The SMILES string of the molecule is C#CCN1CCC(c2ccc(C(N)=O)cc2)(c2cc(C)ccc2OC)CC1. The molecular weight excluding hydrogens is 336 g/mol. The standard InChI is InChI=1S/C23H26N2O2/c1-4-13-25-14-11-23(12-15-25,19-8-6-18(7-9-19)22(24)26)20-16-17(2)5-10-21(20)27-3/h1,5-10,16H,11-15H2,2-3H3,(H2,24,26). The molecule has 4 nitrogen and oxygen atoms in total. The van der Waals surface area contributed by atoms with Gasteiger partial charge in [-0.1, -0.05) is 35.7 Å². The molecule has 0 unspecified atom stereocenters. The Morgan fingerprint density at radius 3 is 2.44 bits per heavy atom. The monoisotopic (exact) mass is 362 g/mol. The number of carbonyl (C=O) groups is 1. The van der Waals surface area contributed by atoms with E-state index in [2.05, 4.69) is 29.9 Å². The van der Waals surface area contributed by atoms with E-state index < -0.39 is 5.91 Å². The average Bonchev–Trinajstić information content (AvgIpc) is 2.69. The minimum atomic E-state index is -0.410. The van der Waals surface area contributed by atoms with E-state index >= 15 is 0 Å². The van der Waals surface area contributed by atoms with Crippen LogP contribution in [-0.4, -0.2) is 37.6 Å². The Labute approximate surface area is 161 Å². The number of methoxy groups -OCH3 is 1. The van der Waals surface area contributed by atoms with Gasteiger partial charge in [0, 0.05) is 29.6 Å². The highest BCUT2D eigenvalue weighted by atomic mass is 16.5. The van der Waals surface area contributed by atoms with Crippen LogP contribution in [0.25, 0.3) is 0 Å². The molecule has 1 aliphatic rings. The molecule has 2 aromatic rings. The van der Waals surface area contributed by atoms with Crippen molar-refractivity contribution in [3.05, 3.63) is 64.7 Å². The number of ether oxygens (including phenoxy) is 1. The predicted molar refractivity (Wildman–Crippen MR) is 108 cm³/mol. The van der Waals surface area contributed by atoms with Crippen LogP contribution in [-0.2, 0) is 5.41 Å². The number of amides is 1. The first-order chi connectivity index (χ1) is 13.0. The largest absolute Gasteiger partial charge is 0.496 e. The van der Waals surface area contributed by atoms with Gasteiger partial charge in [0.25, 0.3) is 0 Å². The summed E-state index contributed by atoms with van der Waals surface area (Å²) in [7, 11) is 1.71. The fourth-order valence-electron chi connectivity index (χ4n) is 4.08. The molecule has 0 spiro atoms. The van der Waals surface area contributed by atoms with Crippen molar-refractivity contribution in [1.82, 2.24) is 4.90 Å². The summed E-state index contributed by atoms with van der Waals surface area (Å²) in [6.45, 7) is 4.60. The number of likely N-dealkylation sites (tertiary alicyclic amines) is 1. The summed E-state index contributed by atoms with van der Waals surface area (Å²) < 4.78 is 5.72. The van der Waals surface area contributed by atoms with Crippen molar-refractivity contribution in [2.45, 2.75) is 25.2 Å². The number of terminal acetylenes is 1. The Morgan fingerprint density at radius 2 is 1.89 bits per heavy atom. The Balaban J connectivity index is 2.09. The number of aryl methyl sites for hydroxylation is 1. The molecule has 140 valence electrons. The van der Waals surface area contributed by atoms with Gasteiger partial charge in [0.05, 0.1) is 13.7 Å². The van der Waals surface area contributed by atoms with E-state index in [-0.39, 0.29) is 5.41 Å². The van der Waals surface area contributed by atoms with Crippen LogP contribution < -0.4 is 10.5 Å². The third-order valence-corrected chi connectivity index (χ3v) is 5.62. The minimum Gasteiger partial charge on any atom is -0.496 e. The molecule has 4 heteroatoms. The number of rotatable bonds is 5. The van der Waals surface area contributed by atoms with Gasteiger partial charge >= 0.3 is 0 Å². The molecule has 0 aliphatic carbocycles. The van der Waals surface area contributed by atoms with Crippen LogP contribution in [0.1, 0.15) is 39.9 Å². The predicted octanol–water partition coefficient (Wildman–Crippen LogP) is 3.12. The molecule has 0 radical (unpaired) electrons. The first-order valence-electron chi connectivity index (χ1n) is 9.21. The number of piperidine rings is 1. The molecule has 27 heavy (non-hydrogen) atoms. The molecule has 1 aliphatic heterocycles. The number of hydrogen-bond donors (Lipinski definition) is 1. The maximum Gasteiger partial charge on any atom is 0.248 e. The summed E-state index contributed by atoms with van der Waals surface area (Å²) in [5.41, 5.74) is 9.33. The van der Waals surface area contributed by atoms with Crippen molar-refractivity contribution < 1.29 is 9.53 Å². The third kappa shape index (κ3) is 3.70. The van der Waals surface area contributed by atoms with Crippen molar-refractivity contribution in [1.29, 1.82) is 0 Å². The number of nitrogens with zero attached hydrogens (tertiary/aromatic N) is 1. The first kappa shape index (κ1) is 19.0. The van der Waals surface area contributed by atoms with Gasteiger partial charge in [0.15, 0.2) is 0 Å². The van der Waals surface area contributed by atoms with Gasteiger partial charge in [-0.2, -0.15) is 0 Å². The van der Waals surface area contributed by atoms with E-state index in [4.69, 9.17) is 16.9 Å². The Bertz CT molecular complexity index is 857. The lowest BCUT2D eigenvalue weighted by molar-refractivity contribution is 0.1000. The van der Waals surface area contributed by atoms with E-state index in [1.54, 1.807) is 7.11 Å². The highest BCUT2D eigenvalue weighted by Crippen LogP contribution is 2.45. The van der Waals surface area contributed by atoms with Crippen molar-refractivity contribution in [2.24, 2.45) is 5.73 Å². The van der Waals surface area contributed by atoms with Crippen LogP contribution in [0.15, 0.2) is 42.5 Å². The van der Waals surface area contributed by atoms with E-state index in [1.165, 1.54) is 16.7 Å². The molecule has 0 saturated carbocycles. The van der Waals surface area contributed by atoms with Crippen LogP contribution >= 0.6 is 0 Å². The normalized spacial score (nSPS) is 16.5. The Kier molecular flexibility index (Phi) is 5.53. The van der Waals surface area contributed by atoms with Gasteiger partial charge in [-0.15, -0.1) is 6.42 Å². The zero-order valence-corrected chi connectivity index (χ0v) is 16.0. The zero-order valence-electron chi connectivity index (χ0n) is 16.0. The first-order valence-corrected chi connectivity index (χ1v) is 9.21. The Morgan fingerprint density at radius 1 is 1.22 bits per heavy atom. The fraction of sp³-hybridized carbons (Fsp3) is 0.348. The summed E-state index contributed by atoms with van der Waals surface area (Å²) >= 11 is 0. The molecule has 1 amide bonds. The third-order valence-electron chi connectivity index (χ3n) is 5.62. The molecule has 0 atom stereocenters. The summed E-state index contributed by atoms with van der Waals surface area (Å²) in [4.78, 5) is 13.8. The van der Waals surface area contributed by atoms with Crippen LogP contribution in [0.5, 0.6) is 5.75 Å². The summed E-state index contributed by atoms with van der Waals surface area (Å²) in [5.74, 6) is 3.23. The molecule has 1 heterocycles. The molecule has 3 rings (SSSR count). The maximum atomic E-state index is 11.5. The highest BCUT2D eigenvalue weighted by Gasteiger charge is 2.39. The van der Waals surface area contributed by atoms with Crippen LogP contribution in [0.2, 0.25) is 0 Å². The quantitative estimate of drug-likeness (QED) is 0.832. The van der Waals surface area contributed by atoms with Gasteiger partial charge in [0.2, 0.25) is 5.91 Å². The van der Waals surface area contributed by atoms with Crippen LogP contribution in [0.4, 0.5) is 0 Å². The lowest BCUT2D eigenvalue weighted by atomic mass is 9.67. The van der Waals surface area contributed by atoms with E-state index in [0.29, 0.717) is 12.1 Å². The van der Waals surface area contributed by atoms with E-state index in [9.17, 15) is 4.79 Å². The maximum absolute atomic E-state index is 11.5. The van der Waals surface area contributed by atoms with Gasteiger partial charge in [-0.25, -0.2) is 0 Å². The number of carbonyl (C=O) groups excluding carboxylic acids is 1. The molecule has 1 saturated heterocycles. The number of nitrogens with two attached hydrogens (primary N) is 1. The van der Waals surface area contributed by atoms with Crippen molar-refractivity contribution in [2.75, 3.05) is 26.7 Å². The molecule has 0 bridgehead atoms. The van der Waals surface area contributed by atoms with Crippen LogP contribution in [0, 0.1) is 19.3 Å². The van der Waals surface area contributed by atoms with Gasteiger partial charge in [-0.3, -0.25) is 9.69 Å².